The molecule has 9 heteroatoms. The molecule has 0 bridgehead atoms. The van der Waals surface area contributed by atoms with Gasteiger partial charge in [0.25, 0.3) is 5.91 Å². The molecule has 0 saturated carbocycles. The molecule has 1 aromatic heterocycles. The van der Waals surface area contributed by atoms with E-state index < -0.39 is 10.0 Å². The van der Waals surface area contributed by atoms with Crippen LogP contribution in [0, 0.1) is 5.92 Å². The number of piperidine rings is 1. The van der Waals surface area contributed by atoms with Gasteiger partial charge in [-0.2, -0.15) is 4.31 Å². The fraction of sp³-hybridized carbons (Fsp3) is 0.286. The summed E-state index contributed by atoms with van der Waals surface area (Å²) in [6, 6.07) is 21.6. The standard InChI is InChI=1S/C28H29N3O4S2/c1-20-7-6-16-30(18-20)37(33,34)24-13-10-22(11-14-24)27(32)31(19-21-8-4-3-5-9-21)28-29-25-15-12-23(35-2)17-26(25)36-28/h3-5,8-15,17,20H,6-7,16,18-19H2,1-2H3. The Morgan fingerprint density at radius 1 is 1.11 bits per heavy atom. The Morgan fingerprint density at radius 3 is 2.57 bits per heavy atom. The second-order valence-corrected chi connectivity index (χ2v) is 12.3. The third-order valence-corrected chi connectivity index (χ3v) is 9.52. The molecule has 192 valence electrons. The van der Waals surface area contributed by atoms with Crippen LogP contribution in [0.1, 0.15) is 35.7 Å². The summed E-state index contributed by atoms with van der Waals surface area (Å²) in [6.45, 7) is 3.46. The molecule has 1 aliphatic heterocycles. The first-order valence-corrected chi connectivity index (χ1v) is 14.5. The number of amides is 1. The van der Waals surface area contributed by atoms with E-state index in [1.54, 1.807) is 28.4 Å². The molecule has 3 aromatic carbocycles. The molecule has 1 unspecified atom stereocenters. The van der Waals surface area contributed by atoms with Crippen LogP contribution in [0.3, 0.4) is 0 Å². The lowest BCUT2D eigenvalue weighted by Gasteiger charge is -2.30. The van der Waals surface area contributed by atoms with Crippen molar-refractivity contribution in [3.8, 4) is 5.75 Å². The van der Waals surface area contributed by atoms with Crippen molar-refractivity contribution >= 4 is 42.6 Å². The molecule has 0 aliphatic carbocycles. The van der Waals surface area contributed by atoms with E-state index >= 15 is 0 Å². The number of benzene rings is 3. The number of aromatic nitrogens is 1. The van der Waals surface area contributed by atoms with Crippen molar-refractivity contribution in [1.29, 1.82) is 0 Å². The number of ether oxygens (including phenoxy) is 1. The number of methoxy groups -OCH3 is 1. The van der Waals surface area contributed by atoms with Crippen LogP contribution in [0.4, 0.5) is 5.13 Å². The van der Waals surface area contributed by atoms with Crippen LogP contribution in [0.15, 0.2) is 77.7 Å². The van der Waals surface area contributed by atoms with Crippen molar-refractivity contribution in [1.82, 2.24) is 9.29 Å². The first kappa shape index (κ1) is 25.4. The molecule has 1 fully saturated rings. The molecule has 0 radical (unpaired) electrons. The fourth-order valence-corrected chi connectivity index (χ4v) is 7.16. The quantitative estimate of drug-likeness (QED) is 0.309. The molecule has 1 aliphatic rings. The zero-order valence-corrected chi connectivity index (χ0v) is 22.5. The van der Waals surface area contributed by atoms with Crippen molar-refractivity contribution in [2.75, 3.05) is 25.1 Å². The lowest BCUT2D eigenvalue weighted by Crippen LogP contribution is -2.39. The Kier molecular flexibility index (Phi) is 7.28. The van der Waals surface area contributed by atoms with Crippen LogP contribution in [-0.4, -0.2) is 43.8 Å². The van der Waals surface area contributed by atoms with Crippen LogP contribution in [0.2, 0.25) is 0 Å². The monoisotopic (exact) mass is 535 g/mol. The van der Waals surface area contributed by atoms with E-state index in [9.17, 15) is 13.2 Å². The highest BCUT2D eigenvalue weighted by molar-refractivity contribution is 7.89. The molecule has 5 rings (SSSR count). The highest BCUT2D eigenvalue weighted by Crippen LogP contribution is 2.33. The van der Waals surface area contributed by atoms with E-state index in [1.165, 1.54) is 23.5 Å². The third-order valence-electron chi connectivity index (χ3n) is 6.60. The number of carbonyl (C=O) groups is 1. The highest BCUT2D eigenvalue weighted by atomic mass is 32.2. The molecule has 2 heterocycles. The fourth-order valence-electron chi connectivity index (χ4n) is 4.57. The Hall–Kier alpha value is -3.27. The summed E-state index contributed by atoms with van der Waals surface area (Å²) in [5, 5.41) is 0.566. The number of sulfonamides is 1. The molecule has 1 amide bonds. The zero-order chi connectivity index (χ0) is 26.0. The van der Waals surface area contributed by atoms with Gasteiger partial charge in [-0.25, -0.2) is 13.4 Å². The van der Waals surface area contributed by atoms with Gasteiger partial charge in [0.05, 0.1) is 28.8 Å². The maximum Gasteiger partial charge on any atom is 0.260 e. The lowest BCUT2D eigenvalue weighted by molar-refractivity contribution is 0.0985. The maximum atomic E-state index is 13.8. The zero-order valence-electron chi connectivity index (χ0n) is 20.8. The normalized spacial score (nSPS) is 16.5. The molecule has 37 heavy (non-hydrogen) atoms. The van der Waals surface area contributed by atoms with Crippen molar-refractivity contribution in [3.05, 3.63) is 83.9 Å². The van der Waals surface area contributed by atoms with Crippen LogP contribution >= 0.6 is 11.3 Å². The van der Waals surface area contributed by atoms with E-state index in [1.807, 2.05) is 48.5 Å². The van der Waals surface area contributed by atoms with E-state index in [0.717, 1.165) is 34.4 Å². The molecule has 7 nitrogen and oxygen atoms in total. The maximum absolute atomic E-state index is 13.8. The van der Waals surface area contributed by atoms with Crippen LogP contribution in [-0.2, 0) is 16.6 Å². The van der Waals surface area contributed by atoms with Gasteiger partial charge in [0.1, 0.15) is 5.75 Å². The number of nitrogens with zero attached hydrogens (tertiary/aromatic N) is 3. The molecule has 1 atom stereocenters. The summed E-state index contributed by atoms with van der Waals surface area (Å²) in [6.07, 6.45) is 1.90. The van der Waals surface area contributed by atoms with Crippen molar-refractivity contribution in [2.24, 2.45) is 5.92 Å². The average molecular weight is 536 g/mol. The predicted molar refractivity (Wildman–Crippen MR) is 147 cm³/mol. The smallest absolute Gasteiger partial charge is 0.260 e. The number of carbonyl (C=O) groups excluding carboxylic acids is 1. The minimum Gasteiger partial charge on any atom is -0.497 e. The predicted octanol–water partition coefficient (Wildman–Crippen LogP) is 5.57. The largest absolute Gasteiger partial charge is 0.497 e. The summed E-state index contributed by atoms with van der Waals surface area (Å²) in [5.74, 6) is 0.818. The summed E-state index contributed by atoms with van der Waals surface area (Å²) in [4.78, 5) is 20.3. The van der Waals surface area contributed by atoms with Gasteiger partial charge >= 0.3 is 0 Å². The first-order chi connectivity index (χ1) is 17.8. The SMILES string of the molecule is COc1ccc2nc(N(Cc3ccccc3)C(=O)c3ccc(S(=O)(=O)N4CCCC(C)C4)cc3)sc2c1. The summed E-state index contributed by atoms with van der Waals surface area (Å²) < 4.78 is 34.2. The second-order valence-electron chi connectivity index (χ2n) is 9.34. The van der Waals surface area contributed by atoms with Gasteiger partial charge in [-0.1, -0.05) is 48.6 Å². The highest BCUT2D eigenvalue weighted by Gasteiger charge is 2.29. The van der Waals surface area contributed by atoms with Gasteiger partial charge in [0, 0.05) is 18.7 Å². The molecule has 0 spiro atoms. The van der Waals surface area contributed by atoms with E-state index in [4.69, 9.17) is 9.72 Å². The molecule has 0 N–H and O–H groups in total. The minimum atomic E-state index is -3.60. The molecular weight excluding hydrogens is 506 g/mol. The number of thiazole rings is 1. The summed E-state index contributed by atoms with van der Waals surface area (Å²) in [7, 11) is -1.98. The van der Waals surface area contributed by atoms with Gasteiger partial charge in [-0.3, -0.25) is 9.69 Å². The number of hydrogen-bond donors (Lipinski definition) is 0. The Morgan fingerprint density at radius 2 is 1.86 bits per heavy atom. The Balaban J connectivity index is 1.46. The second kappa shape index (κ2) is 10.6. The number of rotatable bonds is 7. The summed E-state index contributed by atoms with van der Waals surface area (Å²) in [5.41, 5.74) is 2.15. The van der Waals surface area contributed by atoms with Crippen LogP contribution < -0.4 is 9.64 Å². The van der Waals surface area contributed by atoms with Gasteiger partial charge in [0.15, 0.2) is 5.13 Å². The van der Waals surface area contributed by atoms with Crippen molar-refractivity contribution in [2.45, 2.75) is 31.2 Å². The van der Waals surface area contributed by atoms with Gasteiger partial charge in [0.2, 0.25) is 10.0 Å². The van der Waals surface area contributed by atoms with Gasteiger partial charge in [-0.05, 0) is 66.8 Å². The average Bonchev–Trinajstić information content (AvgIpc) is 3.35. The number of hydrogen-bond acceptors (Lipinski definition) is 6. The van der Waals surface area contributed by atoms with Crippen molar-refractivity contribution in [3.63, 3.8) is 0 Å². The Bertz CT molecular complexity index is 1500. The topological polar surface area (TPSA) is 79.8 Å². The van der Waals surface area contributed by atoms with Gasteiger partial charge < -0.3 is 4.74 Å². The van der Waals surface area contributed by atoms with E-state index in [0.29, 0.717) is 36.2 Å². The minimum absolute atomic E-state index is 0.208. The number of anilines is 1. The molecular formula is C28H29N3O4S2. The van der Waals surface area contributed by atoms with Crippen LogP contribution in [0.25, 0.3) is 10.2 Å². The van der Waals surface area contributed by atoms with Crippen LogP contribution in [0.5, 0.6) is 5.75 Å². The molecule has 1 saturated heterocycles. The van der Waals surface area contributed by atoms with E-state index in [-0.39, 0.29) is 10.8 Å². The number of fused-ring (bicyclic) bond motifs is 1. The Labute approximate surface area is 221 Å². The third kappa shape index (κ3) is 5.39. The van der Waals surface area contributed by atoms with Gasteiger partial charge in [-0.15, -0.1) is 0 Å². The molecule has 4 aromatic rings. The van der Waals surface area contributed by atoms with E-state index in [2.05, 4.69) is 6.92 Å². The first-order valence-electron chi connectivity index (χ1n) is 12.3. The lowest BCUT2D eigenvalue weighted by atomic mass is 10.0. The summed E-state index contributed by atoms with van der Waals surface area (Å²) >= 11 is 1.41. The van der Waals surface area contributed by atoms with Crippen molar-refractivity contribution < 1.29 is 17.9 Å².